The van der Waals surface area contributed by atoms with Crippen LogP contribution in [0.2, 0.25) is 0 Å². The lowest BCUT2D eigenvalue weighted by Gasteiger charge is -2.60. The Balaban J connectivity index is 1.57. The summed E-state index contributed by atoms with van der Waals surface area (Å²) in [5.74, 6) is 2.77. The molecule has 3 saturated carbocycles. The quantitative estimate of drug-likeness (QED) is 0.405. The van der Waals surface area contributed by atoms with Crippen LogP contribution in [-0.4, -0.2) is 13.9 Å². The van der Waals surface area contributed by atoms with Crippen LogP contribution in [0.4, 0.5) is 13.2 Å². The van der Waals surface area contributed by atoms with Crippen molar-refractivity contribution in [3.05, 3.63) is 11.8 Å². The molecule has 3 nitrogen and oxygen atoms in total. The molecule has 0 N–H and O–H groups in total. The lowest BCUT2D eigenvalue weighted by Crippen LogP contribution is -2.53. The molecule has 4 unspecified atom stereocenters. The van der Waals surface area contributed by atoms with Crippen molar-refractivity contribution in [2.24, 2.45) is 40.4 Å². The molecule has 3 fully saturated rings. The van der Waals surface area contributed by atoms with E-state index in [4.69, 9.17) is 0 Å². The fourth-order valence-electron chi connectivity index (χ4n) is 7.30. The molecular formula is C21H31F3O3S. The summed E-state index contributed by atoms with van der Waals surface area (Å²) in [6.07, 6.45) is 9.97. The van der Waals surface area contributed by atoms with E-state index in [1.165, 1.54) is 25.7 Å². The van der Waals surface area contributed by atoms with Gasteiger partial charge in [-0.15, -0.1) is 0 Å². The molecule has 0 saturated heterocycles. The second-order valence-electron chi connectivity index (χ2n) is 10.3. The Bertz CT molecular complexity index is 774. The average molecular weight is 421 g/mol. The number of hydrogen-bond donors (Lipinski definition) is 0. The highest BCUT2D eigenvalue weighted by Gasteiger charge is 2.60. The molecule has 28 heavy (non-hydrogen) atoms. The Kier molecular flexibility index (Phi) is 4.69. The van der Waals surface area contributed by atoms with Crippen LogP contribution in [0.25, 0.3) is 0 Å². The van der Waals surface area contributed by atoms with Crippen LogP contribution in [0.5, 0.6) is 0 Å². The third-order valence-corrected chi connectivity index (χ3v) is 9.89. The number of alkyl halides is 3. The summed E-state index contributed by atoms with van der Waals surface area (Å²) in [6, 6.07) is 0. The first-order valence-electron chi connectivity index (χ1n) is 10.6. The third-order valence-electron chi connectivity index (χ3n) is 8.92. The van der Waals surface area contributed by atoms with Crippen molar-refractivity contribution >= 4 is 10.1 Å². The summed E-state index contributed by atoms with van der Waals surface area (Å²) in [7, 11) is -5.60. The molecule has 0 aromatic carbocycles. The molecule has 0 aromatic heterocycles. The van der Waals surface area contributed by atoms with E-state index >= 15 is 0 Å². The molecule has 4 rings (SSSR count). The van der Waals surface area contributed by atoms with Crippen molar-refractivity contribution in [2.75, 3.05) is 0 Å². The van der Waals surface area contributed by atoms with E-state index < -0.39 is 21.0 Å². The van der Waals surface area contributed by atoms with Gasteiger partial charge in [-0.05, 0) is 86.0 Å². The highest BCUT2D eigenvalue weighted by molar-refractivity contribution is 7.87. The summed E-state index contributed by atoms with van der Waals surface area (Å²) in [5, 5.41) is 0. The Labute approximate surface area is 166 Å². The third kappa shape index (κ3) is 2.93. The van der Waals surface area contributed by atoms with Gasteiger partial charge in [0.25, 0.3) is 0 Å². The zero-order valence-electron chi connectivity index (χ0n) is 16.9. The van der Waals surface area contributed by atoms with Gasteiger partial charge in [-0.3, -0.25) is 0 Å². The van der Waals surface area contributed by atoms with Crippen molar-refractivity contribution in [1.82, 2.24) is 0 Å². The van der Waals surface area contributed by atoms with Gasteiger partial charge in [0, 0.05) is 5.41 Å². The number of halogens is 3. The van der Waals surface area contributed by atoms with Crippen LogP contribution in [0, 0.1) is 40.4 Å². The van der Waals surface area contributed by atoms with Crippen LogP contribution in [0.1, 0.15) is 72.1 Å². The summed E-state index contributed by atoms with van der Waals surface area (Å²) in [5.41, 5.74) is -5.67. The van der Waals surface area contributed by atoms with Gasteiger partial charge in [-0.1, -0.05) is 27.2 Å². The van der Waals surface area contributed by atoms with Crippen molar-refractivity contribution in [2.45, 2.75) is 77.6 Å². The summed E-state index contributed by atoms with van der Waals surface area (Å²) in [4.78, 5) is 0. The standard InChI is InChI=1S/C21H31F3O3S/c1-13-8-10-19(2)14(12-13)4-5-15-16-6-7-18(20(16,3)11-9-17(15)19)27-28(25,26)21(22,23)24/h7,13-17H,4-6,8-12H2,1-3H3/t13-,14?,15?,16?,17?,19-,20-/m0/s1. The van der Waals surface area contributed by atoms with Crippen LogP contribution < -0.4 is 0 Å². The summed E-state index contributed by atoms with van der Waals surface area (Å²) in [6.45, 7) is 6.70. The molecule has 0 bridgehead atoms. The monoisotopic (exact) mass is 420 g/mol. The zero-order valence-corrected chi connectivity index (χ0v) is 17.7. The van der Waals surface area contributed by atoms with Crippen molar-refractivity contribution in [1.29, 1.82) is 0 Å². The van der Waals surface area contributed by atoms with Gasteiger partial charge < -0.3 is 4.18 Å². The number of rotatable bonds is 2. The maximum atomic E-state index is 12.8. The van der Waals surface area contributed by atoms with E-state index in [1.807, 2.05) is 6.92 Å². The van der Waals surface area contributed by atoms with Gasteiger partial charge in [0.2, 0.25) is 0 Å². The van der Waals surface area contributed by atoms with Crippen molar-refractivity contribution < 1.29 is 25.8 Å². The number of hydrogen-bond acceptors (Lipinski definition) is 3. The van der Waals surface area contributed by atoms with Crippen LogP contribution >= 0.6 is 0 Å². The molecule has 0 heterocycles. The molecular weight excluding hydrogens is 389 g/mol. The molecule has 0 radical (unpaired) electrons. The van der Waals surface area contributed by atoms with E-state index in [0.29, 0.717) is 30.1 Å². The largest absolute Gasteiger partial charge is 0.534 e. The second-order valence-corrected chi connectivity index (χ2v) is 11.8. The Morgan fingerprint density at radius 3 is 2.46 bits per heavy atom. The summed E-state index contributed by atoms with van der Waals surface area (Å²) >= 11 is 0. The SMILES string of the molecule is C[C@H]1CC[C@@]2(C)C(CCC3C2CC[C@]2(C)C(OS(=O)(=O)C(F)(F)F)=CCC32)C1. The molecule has 0 aromatic rings. The van der Waals surface area contributed by atoms with Crippen molar-refractivity contribution in [3.8, 4) is 0 Å². The van der Waals surface area contributed by atoms with Gasteiger partial charge >= 0.3 is 15.6 Å². The normalized spacial score (nSPS) is 46.2. The predicted octanol–water partition coefficient (Wildman–Crippen LogP) is 6.03. The smallest absolute Gasteiger partial charge is 0.380 e. The minimum absolute atomic E-state index is 0.0258. The summed E-state index contributed by atoms with van der Waals surface area (Å²) < 4.78 is 66.3. The molecule has 7 atom stereocenters. The Hall–Kier alpha value is -0.720. The Morgan fingerprint density at radius 2 is 1.79 bits per heavy atom. The molecule has 4 aliphatic carbocycles. The van der Waals surface area contributed by atoms with Crippen LogP contribution in [0.3, 0.4) is 0 Å². The fourth-order valence-corrected chi connectivity index (χ4v) is 7.88. The molecule has 0 amide bonds. The van der Waals surface area contributed by atoms with E-state index in [9.17, 15) is 21.6 Å². The van der Waals surface area contributed by atoms with E-state index in [0.717, 1.165) is 24.7 Å². The topological polar surface area (TPSA) is 43.4 Å². The van der Waals surface area contributed by atoms with Gasteiger partial charge in [0.1, 0.15) is 5.76 Å². The number of fused-ring (bicyclic) bond motifs is 5. The van der Waals surface area contributed by atoms with Crippen LogP contribution in [-0.2, 0) is 14.3 Å². The molecule has 0 aliphatic heterocycles. The minimum Gasteiger partial charge on any atom is -0.380 e. The van der Waals surface area contributed by atoms with Gasteiger partial charge in [0.15, 0.2) is 0 Å². The lowest BCUT2D eigenvalue weighted by molar-refractivity contribution is -0.111. The molecule has 7 heteroatoms. The van der Waals surface area contributed by atoms with E-state index in [-0.39, 0.29) is 11.7 Å². The maximum Gasteiger partial charge on any atom is 0.534 e. The Morgan fingerprint density at radius 1 is 1.07 bits per heavy atom. The number of allylic oxidation sites excluding steroid dienone is 2. The maximum absolute atomic E-state index is 12.8. The molecule has 4 aliphatic rings. The zero-order chi connectivity index (χ0) is 20.5. The highest BCUT2D eigenvalue weighted by atomic mass is 32.2. The fraction of sp³-hybridized carbons (Fsp3) is 0.905. The highest BCUT2D eigenvalue weighted by Crippen LogP contribution is 2.66. The van der Waals surface area contributed by atoms with Gasteiger partial charge in [-0.2, -0.15) is 21.6 Å². The van der Waals surface area contributed by atoms with E-state index in [2.05, 4.69) is 18.0 Å². The van der Waals surface area contributed by atoms with Gasteiger partial charge in [0.05, 0.1) is 0 Å². The molecule has 0 spiro atoms. The first-order valence-corrected chi connectivity index (χ1v) is 12.0. The first-order chi connectivity index (χ1) is 12.9. The minimum atomic E-state index is -5.60. The van der Waals surface area contributed by atoms with Crippen molar-refractivity contribution in [3.63, 3.8) is 0 Å². The average Bonchev–Trinajstić information content (AvgIpc) is 2.91. The van der Waals surface area contributed by atoms with E-state index in [1.54, 1.807) is 6.08 Å². The predicted molar refractivity (Wildman–Crippen MR) is 100 cm³/mol. The van der Waals surface area contributed by atoms with Gasteiger partial charge in [-0.25, -0.2) is 0 Å². The first kappa shape index (κ1) is 20.5. The van der Waals surface area contributed by atoms with Crippen LogP contribution in [0.15, 0.2) is 11.8 Å². The lowest BCUT2D eigenvalue weighted by atomic mass is 9.44. The second kappa shape index (κ2) is 6.39. The molecule has 160 valence electrons.